The summed E-state index contributed by atoms with van der Waals surface area (Å²) in [5, 5.41) is 0. The Morgan fingerprint density at radius 3 is 2.64 bits per heavy atom. The van der Waals surface area contributed by atoms with Crippen LogP contribution in [0.1, 0.15) is 22.9 Å². The van der Waals surface area contributed by atoms with Crippen LogP contribution in [0.5, 0.6) is 0 Å². The molecular formula is C21H20N4O3. The van der Waals surface area contributed by atoms with Gasteiger partial charge < -0.3 is 14.6 Å². The van der Waals surface area contributed by atoms with Gasteiger partial charge in [-0.3, -0.25) is 14.6 Å². The summed E-state index contributed by atoms with van der Waals surface area (Å²) in [4.78, 5) is 38.7. The molecule has 3 heterocycles. The number of rotatable bonds is 4. The maximum absolute atomic E-state index is 13.1. The van der Waals surface area contributed by atoms with E-state index in [2.05, 4.69) is 15.0 Å². The van der Waals surface area contributed by atoms with E-state index in [0.717, 1.165) is 11.1 Å². The van der Waals surface area contributed by atoms with Crippen LogP contribution in [0.2, 0.25) is 0 Å². The second-order valence-electron chi connectivity index (χ2n) is 6.61. The van der Waals surface area contributed by atoms with Crippen molar-refractivity contribution in [3.63, 3.8) is 0 Å². The molecule has 0 fully saturated rings. The number of aromatic nitrogens is 3. The maximum atomic E-state index is 13.1. The molecule has 0 saturated carbocycles. The summed E-state index contributed by atoms with van der Waals surface area (Å²) in [6.07, 6.45) is 3.08. The van der Waals surface area contributed by atoms with E-state index in [1.54, 1.807) is 29.4 Å². The van der Waals surface area contributed by atoms with Gasteiger partial charge in [0.25, 0.3) is 11.5 Å². The molecule has 1 aliphatic rings. The molecule has 1 amide bonds. The third kappa shape index (κ3) is 3.44. The minimum atomic E-state index is -0.676. The van der Waals surface area contributed by atoms with Crippen LogP contribution in [0.3, 0.4) is 0 Å². The van der Waals surface area contributed by atoms with Crippen LogP contribution < -0.4 is 5.56 Å². The van der Waals surface area contributed by atoms with Gasteiger partial charge in [0.05, 0.1) is 12.2 Å². The zero-order valence-electron chi connectivity index (χ0n) is 15.5. The number of fused-ring (bicyclic) bond motifs is 1. The van der Waals surface area contributed by atoms with E-state index < -0.39 is 6.10 Å². The molecule has 2 aromatic heterocycles. The lowest BCUT2D eigenvalue weighted by molar-refractivity contribution is -0.143. The number of H-pyrrole nitrogens is 1. The number of amides is 1. The van der Waals surface area contributed by atoms with Gasteiger partial charge in [-0.1, -0.05) is 30.3 Å². The van der Waals surface area contributed by atoms with E-state index >= 15 is 0 Å². The fraction of sp³-hybridized carbons (Fsp3) is 0.238. The Morgan fingerprint density at radius 2 is 1.93 bits per heavy atom. The van der Waals surface area contributed by atoms with Gasteiger partial charge in [0.1, 0.15) is 5.82 Å². The second-order valence-corrected chi connectivity index (χ2v) is 6.61. The summed E-state index contributed by atoms with van der Waals surface area (Å²) < 4.78 is 5.47. The monoisotopic (exact) mass is 376 g/mol. The molecule has 1 aliphatic heterocycles. The highest BCUT2D eigenvalue weighted by molar-refractivity contribution is 5.82. The zero-order valence-corrected chi connectivity index (χ0v) is 15.5. The minimum Gasteiger partial charge on any atom is -0.367 e. The van der Waals surface area contributed by atoms with Gasteiger partial charge in [0.2, 0.25) is 0 Å². The first-order valence-corrected chi connectivity index (χ1v) is 9.06. The van der Waals surface area contributed by atoms with Crippen molar-refractivity contribution in [2.75, 3.05) is 13.7 Å². The number of methoxy groups -OCH3 is 1. The number of benzene rings is 1. The Balaban J connectivity index is 1.63. The van der Waals surface area contributed by atoms with Crippen LogP contribution in [0.15, 0.2) is 59.7 Å². The molecule has 142 valence electrons. The molecular weight excluding hydrogens is 356 g/mol. The highest BCUT2D eigenvalue weighted by Crippen LogP contribution is 2.24. The lowest BCUT2D eigenvalue weighted by Crippen LogP contribution is -2.41. The van der Waals surface area contributed by atoms with Gasteiger partial charge >= 0.3 is 0 Å². The topological polar surface area (TPSA) is 88.2 Å². The predicted molar refractivity (Wildman–Crippen MR) is 103 cm³/mol. The number of ether oxygens (including phenoxy) is 1. The smallest absolute Gasteiger partial charge is 0.256 e. The molecule has 0 aliphatic carbocycles. The first-order valence-electron chi connectivity index (χ1n) is 9.06. The van der Waals surface area contributed by atoms with Gasteiger partial charge in [0.15, 0.2) is 6.10 Å². The highest BCUT2D eigenvalue weighted by atomic mass is 16.5. The number of hydrogen-bond donors (Lipinski definition) is 1. The molecule has 0 saturated heterocycles. The lowest BCUT2D eigenvalue weighted by Gasteiger charge is -2.30. The van der Waals surface area contributed by atoms with E-state index in [-0.39, 0.29) is 18.0 Å². The number of hydrogen-bond acceptors (Lipinski definition) is 5. The van der Waals surface area contributed by atoms with Crippen LogP contribution in [-0.4, -0.2) is 39.4 Å². The molecule has 0 spiro atoms. The maximum Gasteiger partial charge on any atom is 0.256 e. The minimum absolute atomic E-state index is 0.133. The summed E-state index contributed by atoms with van der Waals surface area (Å²) in [5.41, 5.74) is 2.68. The molecule has 0 bridgehead atoms. The Bertz CT molecular complexity index is 1030. The van der Waals surface area contributed by atoms with E-state index in [1.807, 2.05) is 30.3 Å². The predicted octanol–water partition coefficient (Wildman–Crippen LogP) is 2.10. The number of aromatic amines is 1. The summed E-state index contributed by atoms with van der Waals surface area (Å²) in [6, 6.07) is 13.0. The number of carbonyl (C=O) groups excluding carboxylic acids is 1. The van der Waals surface area contributed by atoms with Crippen LogP contribution in [0.25, 0.3) is 11.4 Å². The summed E-state index contributed by atoms with van der Waals surface area (Å²) in [7, 11) is 1.53. The zero-order chi connectivity index (χ0) is 19.5. The van der Waals surface area contributed by atoms with Crippen LogP contribution in [0, 0.1) is 0 Å². The molecule has 7 nitrogen and oxygen atoms in total. The van der Waals surface area contributed by atoms with E-state index in [9.17, 15) is 9.59 Å². The Kier molecular flexibility index (Phi) is 4.99. The van der Waals surface area contributed by atoms with Crippen LogP contribution in [-0.2, 0) is 22.5 Å². The van der Waals surface area contributed by atoms with Crippen molar-refractivity contribution in [1.82, 2.24) is 19.9 Å². The molecule has 3 aromatic rings. The van der Waals surface area contributed by atoms with Gasteiger partial charge in [0, 0.05) is 37.2 Å². The van der Waals surface area contributed by atoms with Gasteiger partial charge in [-0.25, -0.2) is 4.98 Å². The molecule has 28 heavy (non-hydrogen) atoms. The van der Waals surface area contributed by atoms with Crippen molar-refractivity contribution < 1.29 is 9.53 Å². The van der Waals surface area contributed by atoms with Crippen molar-refractivity contribution in [1.29, 1.82) is 0 Å². The standard InChI is InChI=1S/C21H20N4O3/c1-28-18(14-5-3-2-4-6-14)21(27)25-12-9-16-17(13-25)23-19(24-20(16)26)15-7-10-22-11-8-15/h2-8,10-11,18H,9,12-13H2,1H3,(H,23,24,26)/t18-/m0/s1. The van der Waals surface area contributed by atoms with E-state index in [4.69, 9.17) is 4.74 Å². The third-order valence-corrected chi connectivity index (χ3v) is 4.90. The highest BCUT2D eigenvalue weighted by Gasteiger charge is 2.30. The van der Waals surface area contributed by atoms with Crippen LogP contribution >= 0.6 is 0 Å². The van der Waals surface area contributed by atoms with Crippen molar-refractivity contribution in [2.45, 2.75) is 19.1 Å². The Labute approximate surface area is 162 Å². The Morgan fingerprint density at radius 1 is 1.18 bits per heavy atom. The summed E-state index contributed by atoms with van der Waals surface area (Å²) >= 11 is 0. The number of nitrogens with zero attached hydrogens (tertiary/aromatic N) is 3. The third-order valence-electron chi connectivity index (χ3n) is 4.90. The van der Waals surface area contributed by atoms with Crippen molar-refractivity contribution >= 4 is 5.91 Å². The van der Waals surface area contributed by atoms with Gasteiger partial charge in [-0.05, 0) is 24.1 Å². The van der Waals surface area contributed by atoms with Gasteiger partial charge in [-0.2, -0.15) is 0 Å². The second kappa shape index (κ2) is 7.74. The molecule has 0 radical (unpaired) electrons. The van der Waals surface area contributed by atoms with E-state index in [1.165, 1.54) is 7.11 Å². The molecule has 7 heteroatoms. The molecule has 1 atom stereocenters. The van der Waals surface area contributed by atoms with Crippen molar-refractivity contribution in [3.05, 3.63) is 82.0 Å². The van der Waals surface area contributed by atoms with Crippen LogP contribution in [0.4, 0.5) is 0 Å². The molecule has 4 rings (SSSR count). The van der Waals surface area contributed by atoms with Crippen molar-refractivity contribution in [3.8, 4) is 11.4 Å². The quantitative estimate of drug-likeness (QED) is 0.753. The molecule has 0 unspecified atom stereocenters. The van der Waals surface area contributed by atoms with Crippen molar-refractivity contribution in [2.24, 2.45) is 0 Å². The fourth-order valence-corrected chi connectivity index (χ4v) is 3.45. The first-order chi connectivity index (χ1) is 13.7. The Hall–Kier alpha value is -3.32. The lowest BCUT2D eigenvalue weighted by atomic mass is 10.0. The number of carbonyl (C=O) groups is 1. The fourth-order valence-electron chi connectivity index (χ4n) is 3.45. The normalized spacial score (nSPS) is 14.4. The molecule has 1 aromatic carbocycles. The number of pyridine rings is 1. The summed E-state index contributed by atoms with van der Waals surface area (Å²) in [6.45, 7) is 0.737. The van der Waals surface area contributed by atoms with E-state index in [0.29, 0.717) is 30.0 Å². The van der Waals surface area contributed by atoms with Gasteiger partial charge in [-0.15, -0.1) is 0 Å². The average molecular weight is 376 g/mol. The average Bonchev–Trinajstić information content (AvgIpc) is 2.75. The number of nitrogens with one attached hydrogen (secondary N) is 1. The first kappa shape index (κ1) is 18.1. The SMILES string of the molecule is CO[C@H](C(=O)N1CCc2c(nc(-c3ccncc3)[nH]c2=O)C1)c1ccccc1. The summed E-state index contributed by atoms with van der Waals surface area (Å²) in [5.74, 6) is 0.346. The molecule has 1 N–H and O–H groups in total. The largest absolute Gasteiger partial charge is 0.367 e.